The maximum atomic E-state index is 14.1. The van der Waals surface area contributed by atoms with Crippen molar-refractivity contribution in [2.75, 3.05) is 102 Å². The van der Waals surface area contributed by atoms with Crippen molar-refractivity contribution in [3.05, 3.63) is 107 Å². The number of hydrogen-bond donors (Lipinski definition) is 4. The lowest BCUT2D eigenvalue weighted by Gasteiger charge is -2.42. The Morgan fingerprint density at radius 1 is 0.947 bits per heavy atom. The number of amides is 1. The van der Waals surface area contributed by atoms with E-state index >= 15 is 0 Å². The van der Waals surface area contributed by atoms with E-state index in [0.717, 1.165) is 108 Å². The Balaban J connectivity index is 0.961. The molecule has 76 heavy (non-hydrogen) atoms. The number of ether oxygens (including phenoxy) is 2. The zero-order valence-electron chi connectivity index (χ0n) is 43.1. The van der Waals surface area contributed by atoms with Gasteiger partial charge in [0.15, 0.2) is 0 Å². The molecule has 8 rings (SSSR count). The van der Waals surface area contributed by atoms with Crippen molar-refractivity contribution in [1.29, 1.82) is 0 Å². The Morgan fingerprint density at radius 2 is 1.71 bits per heavy atom. The van der Waals surface area contributed by atoms with Crippen molar-refractivity contribution >= 4 is 73.2 Å². The van der Waals surface area contributed by atoms with Gasteiger partial charge in [0.25, 0.3) is 15.9 Å². The minimum atomic E-state index is -4.71. The topological polar surface area (TPSA) is 173 Å². The van der Waals surface area contributed by atoms with Gasteiger partial charge in [0.1, 0.15) is 17.1 Å². The molecule has 15 nitrogen and oxygen atoms in total. The van der Waals surface area contributed by atoms with Crippen LogP contribution in [0.4, 0.5) is 24.5 Å². The number of anilines is 2. The average Bonchev–Trinajstić information content (AvgIpc) is 3.85. The van der Waals surface area contributed by atoms with Crippen molar-refractivity contribution in [3.63, 3.8) is 0 Å². The molecular formula is C55H68ClF3N8O7S2. The lowest BCUT2D eigenvalue weighted by atomic mass is 9.71. The number of sulfonamides is 1. The monoisotopic (exact) mass is 1110 g/mol. The zero-order chi connectivity index (χ0) is 53.9. The SMILES string of the molecule is CN(CCCCCCC(=O)O)CC1(C)CCC(c2ccc(Cl)cc2)=C(CN2CCN(c3ccc(C(=O)NS(=O)(=O)c4ccc(NCCCN5CCOCC5)c(SC(F)(F)F)c4)c(Oc4cnc5[nH]ccc5c4)c3)CC2)C1. The highest BCUT2D eigenvalue weighted by Crippen LogP contribution is 2.45. The van der Waals surface area contributed by atoms with Gasteiger partial charge < -0.3 is 34.7 Å². The number of alkyl halides is 3. The van der Waals surface area contributed by atoms with Gasteiger partial charge in [0.2, 0.25) is 0 Å². The predicted molar refractivity (Wildman–Crippen MR) is 293 cm³/mol. The second kappa shape index (κ2) is 25.9. The molecule has 2 fully saturated rings. The number of rotatable bonds is 24. The highest BCUT2D eigenvalue weighted by atomic mass is 35.5. The number of nitrogens with zero attached hydrogens (tertiary/aromatic N) is 5. The van der Waals surface area contributed by atoms with E-state index in [9.17, 15) is 31.2 Å². The summed E-state index contributed by atoms with van der Waals surface area (Å²) in [6, 6.07) is 20.0. The van der Waals surface area contributed by atoms with Crippen molar-refractivity contribution in [1.82, 2.24) is 29.4 Å². The number of halogens is 4. The number of fused-ring (bicyclic) bond motifs is 1. The van der Waals surface area contributed by atoms with Crippen LogP contribution in [0.5, 0.6) is 11.5 Å². The summed E-state index contributed by atoms with van der Waals surface area (Å²) in [5, 5.41) is 13.5. The van der Waals surface area contributed by atoms with E-state index in [1.54, 1.807) is 24.4 Å². The summed E-state index contributed by atoms with van der Waals surface area (Å²) in [6.45, 7) is 11.8. The molecule has 1 aliphatic carbocycles. The molecule has 0 bridgehead atoms. The number of carboxylic acid groups (broad SMARTS) is 1. The first-order valence-corrected chi connectivity index (χ1v) is 28.7. The van der Waals surface area contributed by atoms with E-state index in [0.29, 0.717) is 62.1 Å². The van der Waals surface area contributed by atoms with Gasteiger partial charge >= 0.3 is 11.5 Å². The smallest absolute Gasteiger partial charge is 0.446 e. The summed E-state index contributed by atoms with van der Waals surface area (Å²) in [5.74, 6) is -1.40. The molecule has 410 valence electrons. The molecule has 3 aliphatic rings. The van der Waals surface area contributed by atoms with Gasteiger partial charge in [-0.1, -0.05) is 49.1 Å². The number of piperazine rings is 1. The van der Waals surface area contributed by atoms with Gasteiger partial charge in [-0.15, -0.1) is 0 Å². The second-order valence-corrected chi connectivity index (χ2v) is 23.6. The molecule has 1 amide bonds. The highest BCUT2D eigenvalue weighted by molar-refractivity contribution is 8.00. The fraction of sp³-hybridized carbons (Fsp3) is 0.473. The maximum Gasteiger partial charge on any atom is 0.446 e. The standard InChI is InChI=1S/C55H68ClF3N8O7S2/c1-54(38-64(2)22-6-4-3-5-8-51(68)69)19-17-46(39-9-11-42(56)12-10-39)41(35-54)37-66-24-26-67(27-25-66)43-13-15-47(49(33-43)74-44-32-40-18-21-61-52(40)62-36-44)53(70)63-76(71,72)45-14-16-48(50(34-45)75-55(57,58)59)60-20-7-23-65-28-30-73-31-29-65/h9-16,18,21,32-34,36,60H,3-8,17,19-20,22-31,35,37-38H2,1-2H3,(H,61,62)(H,63,70)(H,68,69). The number of unbranched alkanes of at least 4 members (excludes halogenated alkanes) is 3. The third-order valence-electron chi connectivity index (χ3n) is 14.3. The minimum Gasteiger partial charge on any atom is -0.481 e. The first-order valence-electron chi connectivity index (χ1n) is 26.0. The van der Waals surface area contributed by atoms with Crippen LogP contribution in [0.25, 0.3) is 16.6 Å². The zero-order valence-corrected chi connectivity index (χ0v) is 45.5. The molecule has 2 aromatic heterocycles. The molecule has 2 aliphatic heterocycles. The van der Waals surface area contributed by atoms with Crippen LogP contribution in [-0.2, 0) is 19.6 Å². The van der Waals surface area contributed by atoms with E-state index in [1.807, 2.05) is 18.2 Å². The Labute approximate surface area is 452 Å². The van der Waals surface area contributed by atoms with E-state index in [1.165, 1.54) is 41.1 Å². The van der Waals surface area contributed by atoms with Gasteiger partial charge in [-0.05, 0) is 142 Å². The number of aromatic amines is 1. The number of H-pyrrole nitrogens is 1. The molecule has 0 spiro atoms. The number of benzene rings is 3. The molecule has 2 saturated heterocycles. The number of aromatic nitrogens is 2. The van der Waals surface area contributed by atoms with E-state index < -0.39 is 44.1 Å². The number of thioether (sulfide) groups is 1. The van der Waals surface area contributed by atoms with Crippen molar-refractivity contribution in [3.8, 4) is 11.5 Å². The lowest BCUT2D eigenvalue weighted by Crippen LogP contribution is -2.47. The average molecular weight is 1110 g/mol. The molecule has 1 unspecified atom stereocenters. The Bertz CT molecular complexity index is 2930. The minimum absolute atomic E-state index is 0.0660. The summed E-state index contributed by atoms with van der Waals surface area (Å²) < 4.78 is 83.2. The van der Waals surface area contributed by atoms with Crippen molar-refractivity contribution < 1.29 is 45.8 Å². The number of carbonyl (C=O) groups is 2. The van der Waals surface area contributed by atoms with Crippen LogP contribution in [0.1, 0.15) is 80.6 Å². The molecule has 0 radical (unpaired) electrons. The summed E-state index contributed by atoms with van der Waals surface area (Å²) in [6.07, 6.45) is 10.7. The van der Waals surface area contributed by atoms with E-state index in [-0.39, 0.29) is 33.7 Å². The Morgan fingerprint density at radius 3 is 2.46 bits per heavy atom. The third kappa shape index (κ3) is 16.1. The lowest BCUT2D eigenvalue weighted by molar-refractivity contribution is -0.137. The second-order valence-electron chi connectivity index (χ2n) is 20.4. The first-order chi connectivity index (χ1) is 36.4. The number of pyridine rings is 1. The summed E-state index contributed by atoms with van der Waals surface area (Å²) in [5.41, 5.74) is 0.721. The first kappa shape index (κ1) is 56.8. The Kier molecular flexibility index (Phi) is 19.3. The van der Waals surface area contributed by atoms with Crippen LogP contribution in [0, 0.1) is 5.41 Å². The number of carboxylic acids is 1. The van der Waals surface area contributed by atoms with Gasteiger partial charge in [-0.25, -0.2) is 18.1 Å². The van der Waals surface area contributed by atoms with E-state index in [2.05, 4.69) is 65.7 Å². The normalized spacial score (nSPS) is 18.1. The van der Waals surface area contributed by atoms with Gasteiger partial charge in [-0.2, -0.15) is 13.2 Å². The number of carbonyl (C=O) groups excluding carboxylic acids is 1. The van der Waals surface area contributed by atoms with Crippen LogP contribution >= 0.6 is 23.4 Å². The van der Waals surface area contributed by atoms with Crippen LogP contribution in [-0.4, -0.2) is 148 Å². The summed E-state index contributed by atoms with van der Waals surface area (Å²) >= 11 is 5.91. The maximum absolute atomic E-state index is 14.1. The Hall–Kier alpha value is -5.35. The number of aliphatic carboxylic acids is 1. The molecule has 5 aromatic rings. The number of nitrogens with one attached hydrogen (secondary N) is 3. The molecule has 3 aromatic carbocycles. The molecule has 4 heterocycles. The van der Waals surface area contributed by atoms with Crippen molar-refractivity contribution in [2.24, 2.45) is 5.41 Å². The third-order valence-corrected chi connectivity index (χ3v) is 16.7. The highest BCUT2D eigenvalue weighted by Gasteiger charge is 2.35. The molecular weight excluding hydrogens is 1040 g/mol. The van der Waals surface area contributed by atoms with Gasteiger partial charge in [-0.3, -0.25) is 19.4 Å². The van der Waals surface area contributed by atoms with Crippen LogP contribution < -0.4 is 19.7 Å². The fourth-order valence-corrected chi connectivity index (χ4v) is 12.3. The van der Waals surface area contributed by atoms with Gasteiger partial charge in [0, 0.05) is 104 Å². The van der Waals surface area contributed by atoms with Crippen molar-refractivity contribution in [2.45, 2.75) is 80.0 Å². The molecule has 4 N–H and O–H groups in total. The molecule has 1 atom stereocenters. The van der Waals surface area contributed by atoms with Crippen LogP contribution in [0.15, 0.2) is 101 Å². The summed E-state index contributed by atoms with van der Waals surface area (Å²) in [7, 11) is -2.51. The van der Waals surface area contributed by atoms with Crippen LogP contribution in [0.3, 0.4) is 0 Å². The van der Waals surface area contributed by atoms with E-state index in [4.69, 9.17) is 26.2 Å². The largest absolute Gasteiger partial charge is 0.481 e. The predicted octanol–water partition coefficient (Wildman–Crippen LogP) is 10.6. The quantitative estimate of drug-likeness (QED) is 0.0340. The molecule has 21 heteroatoms. The fourth-order valence-electron chi connectivity index (χ4n) is 10.5. The number of morpholine rings is 1. The molecule has 0 saturated carbocycles. The number of hydrogen-bond acceptors (Lipinski definition) is 13. The summed E-state index contributed by atoms with van der Waals surface area (Å²) in [4.78, 5) is 41.0. The van der Waals surface area contributed by atoms with Crippen LogP contribution in [0.2, 0.25) is 5.02 Å². The number of allylic oxidation sites excluding steroid dienone is 1. The van der Waals surface area contributed by atoms with Gasteiger partial charge in [0.05, 0.1) is 29.9 Å².